The molecule has 0 aromatic carbocycles. The van der Waals surface area contributed by atoms with Crippen molar-refractivity contribution in [1.29, 1.82) is 0 Å². The molecule has 0 radical (unpaired) electrons. The number of carbonyl (C=O) groups is 3. The Kier molecular flexibility index (Phi) is 5.71. The van der Waals surface area contributed by atoms with E-state index in [0.29, 0.717) is 19.7 Å². The highest BCUT2D eigenvalue weighted by Gasteiger charge is 2.38. The lowest BCUT2D eigenvalue weighted by Gasteiger charge is -2.28. The van der Waals surface area contributed by atoms with E-state index in [9.17, 15) is 19.5 Å². The first-order valence-electron chi connectivity index (χ1n) is 6.96. The van der Waals surface area contributed by atoms with Crippen molar-refractivity contribution < 1.29 is 24.2 Å². The van der Waals surface area contributed by atoms with Gasteiger partial charge in [-0.25, -0.2) is 4.79 Å². The Morgan fingerprint density at radius 1 is 1.48 bits per heavy atom. The predicted molar refractivity (Wildman–Crippen MR) is 75.6 cm³/mol. The summed E-state index contributed by atoms with van der Waals surface area (Å²) in [4.78, 5) is 36.8. The molecule has 0 aromatic heterocycles. The Labute approximate surface area is 124 Å². The lowest BCUT2D eigenvalue weighted by atomic mass is 9.86. The second kappa shape index (κ2) is 6.89. The molecule has 1 heterocycles. The number of aliphatic carboxylic acids is 1. The molecule has 0 saturated carbocycles. The Balaban J connectivity index is 2.64. The molecule has 2 N–H and O–H groups in total. The Morgan fingerprint density at radius 3 is 2.57 bits per heavy atom. The molecule has 0 aromatic rings. The molecular weight excluding hydrogens is 276 g/mol. The van der Waals surface area contributed by atoms with E-state index in [-0.39, 0.29) is 18.2 Å². The minimum Gasteiger partial charge on any atom is -0.480 e. The third kappa shape index (κ3) is 4.70. The van der Waals surface area contributed by atoms with E-state index >= 15 is 0 Å². The van der Waals surface area contributed by atoms with Crippen LogP contribution in [0.1, 0.15) is 27.2 Å². The summed E-state index contributed by atoms with van der Waals surface area (Å²) in [5.74, 6) is -2.06. The van der Waals surface area contributed by atoms with E-state index in [1.165, 1.54) is 0 Å². The quantitative estimate of drug-likeness (QED) is 0.725. The normalized spacial score (nSPS) is 20.5. The molecule has 1 rings (SSSR count). The topological polar surface area (TPSA) is 95.9 Å². The number of carboxylic acids is 1. The van der Waals surface area contributed by atoms with E-state index < -0.39 is 23.3 Å². The predicted octanol–water partition coefficient (Wildman–Crippen LogP) is 0.0968. The minimum absolute atomic E-state index is 0.102. The second-order valence-corrected chi connectivity index (χ2v) is 6.38. The van der Waals surface area contributed by atoms with Gasteiger partial charge in [0.25, 0.3) is 0 Å². The standard InChI is InChI=1S/C14H24N2O5/c1-14(2,3)11(13(19)20)15-12(18)9-7-10(17)16(8-9)5-6-21-4/h9,11H,5-8H2,1-4H3,(H,15,18)(H,19,20)/t9?,11-/m0/s1. The lowest BCUT2D eigenvalue weighted by Crippen LogP contribution is -2.51. The number of hydrogen-bond acceptors (Lipinski definition) is 4. The summed E-state index contributed by atoms with van der Waals surface area (Å²) >= 11 is 0. The molecule has 2 atom stereocenters. The van der Waals surface area contributed by atoms with Gasteiger partial charge in [-0.2, -0.15) is 0 Å². The molecule has 1 saturated heterocycles. The van der Waals surface area contributed by atoms with Gasteiger partial charge < -0.3 is 20.1 Å². The average Bonchev–Trinajstić information content (AvgIpc) is 2.73. The second-order valence-electron chi connectivity index (χ2n) is 6.38. The van der Waals surface area contributed by atoms with Gasteiger partial charge >= 0.3 is 5.97 Å². The van der Waals surface area contributed by atoms with Gasteiger partial charge in [-0.3, -0.25) is 9.59 Å². The van der Waals surface area contributed by atoms with E-state index in [1.807, 2.05) is 0 Å². The number of hydrogen-bond donors (Lipinski definition) is 2. The van der Waals surface area contributed by atoms with Gasteiger partial charge in [-0.15, -0.1) is 0 Å². The van der Waals surface area contributed by atoms with E-state index in [0.717, 1.165) is 0 Å². The molecule has 21 heavy (non-hydrogen) atoms. The fourth-order valence-corrected chi connectivity index (χ4v) is 2.27. The summed E-state index contributed by atoms with van der Waals surface area (Å²) in [6.45, 7) is 6.41. The number of carboxylic acid groups (broad SMARTS) is 1. The fraction of sp³-hybridized carbons (Fsp3) is 0.786. The molecule has 7 heteroatoms. The first-order valence-corrected chi connectivity index (χ1v) is 6.96. The van der Waals surface area contributed by atoms with Gasteiger partial charge in [0.2, 0.25) is 11.8 Å². The first kappa shape index (κ1) is 17.4. The third-order valence-corrected chi connectivity index (χ3v) is 3.55. The molecule has 120 valence electrons. The Morgan fingerprint density at radius 2 is 2.10 bits per heavy atom. The number of likely N-dealkylation sites (tertiary alicyclic amines) is 1. The van der Waals surface area contributed by atoms with Crippen LogP contribution in [-0.2, 0) is 19.1 Å². The lowest BCUT2D eigenvalue weighted by molar-refractivity contribution is -0.145. The van der Waals surface area contributed by atoms with Crippen molar-refractivity contribution >= 4 is 17.8 Å². The van der Waals surface area contributed by atoms with Gasteiger partial charge in [0.15, 0.2) is 0 Å². The zero-order chi connectivity index (χ0) is 16.2. The van der Waals surface area contributed by atoms with Gasteiger partial charge in [0.05, 0.1) is 12.5 Å². The van der Waals surface area contributed by atoms with Crippen LogP contribution in [0.4, 0.5) is 0 Å². The summed E-state index contributed by atoms with van der Waals surface area (Å²) in [7, 11) is 1.55. The number of amides is 2. The van der Waals surface area contributed by atoms with Gasteiger partial charge in [-0.1, -0.05) is 20.8 Å². The van der Waals surface area contributed by atoms with Crippen molar-refractivity contribution in [3.63, 3.8) is 0 Å². The fourth-order valence-electron chi connectivity index (χ4n) is 2.27. The average molecular weight is 300 g/mol. The van der Waals surface area contributed by atoms with Gasteiger partial charge in [0.1, 0.15) is 6.04 Å². The van der Waals surface area contributed by atoms with Crippen LogP contribution in [0, 0.1) is 11.3 Å². The van der Waals surface area contributed by atoms with Crippen LogP contribution in [0.2, 0.25) is 0 Å². The molecule has 1 unspecified atom stereocenters. The highest BCUT2D eigenvalue weighted by atomic mass is 16.5. The first-order chi connectivity index (χ1) is 9.66. The molecule has 0 spiro atoms. The van der Waals surface area contributed by atoms with E-state index in [2.05, 4.69) is 5.32 Å². The summed E-state index contributed by atoms with van der Waals surface area (Å²) in [6, 6.07) is -0.979. The van der Waals surface area contributed by atoms with Gasteiger partial charge in [0, 0.05) is 26.6 Å². The smallest absolute Gasteiger partial charge is 0.326 e. The Bertz CT molecular complexity index is 416. The van der Waals surface area contributed by atoms with Crippen LogP contribution >= 0.6 is 0 Å². The van der Waals surface area contributed by atoms with Crippen LogP contribution in [0.25, 0.3) is 0 Å². The Hall–Kier alpha value is -1.63. The molecule has 1 fully saturated rings. The molecule has 0 bridgehead atoms. The summed E-state index contributed by atoms with van der Waals surface area (Å²) in [5.41, 5.74) is -0.597. The maximum Gasteiger partial charge on any atom is 0.326 e. The number of nitrogens with one attached hydrogen (secondary N) is 1. The molecule has 2 amide bonds. The maximum atomic E-state index is 12.2. The highest BCUT2D eigenvalue weighted by molar-refractivity contribution is 5.91. The van der Waals surface area contributed by atoms with Gasteiger partial charge in [-0.05, 0) is 5.41 Å². The SMILES string of the molecule is COCCN1CC(C(=O)N[C@@H](C(=O)O)C(C)(C)C)CC1=O. The largest absolute Gasteiger partial charge is 0.480 e. The van der Waals surface area contributed by atoms with Crippen LogP contribution < -0.4 is 5.32 Å². The van der Waals surface area contributed by atoms with Crippen molar-refractivity contribution in [2.75, 3.05) is 26.8 Å². The maximum absolute atomic E-state index is 12.2. The van der Waals surface area contributed by atoms with Crippen LogP contribution in [0.15, 0.2) is 0 Å². The van der Waals surface area contributed by atoms with Crippen molar-refractivity contribution in [2.45, 2.75) is 33.2 Å². The highest BCUT2D eigenvalue weighted by Crippen LogP contribution is 2.22. The molecule has 1 aliphatic rings. The summed E-state index contributed by atoms with van der Waals surface area (Å²) in [5, 5.41) is 11.8. The van der Waals surface area contributed by atoms with Crippen molar-refractivity contribution in [1.82, 2.24) is 10.2 Å². The monoisotopic (exact) mass is 300 g/mol. The van der Waals surface area contributed by atoms with E-state index in [4.69, 9.17) is 4.74 Å². The number of nitrogens with zero attached hydrogens (tertiary/aromatic N) is 1. The van der Waals surface area contributed by atoms with Crippen molar-refractivity contribution in [3.8, 4) is 0 Å². The van der Waals surface area contributed by atoms with E-state index in [1.54, 1.807) is 32.8 Å². The third-order valence-electron chi connectivity index (χ3n) is 3.55. The molecular formula is C14H24N2O5. The number of methoxy groups -OCH3 is 1. The zero-order valence-electron chi connectivity index (χ0n) is 13.0. The molecule has 1 aliphatic heterocycles. The number of carbonyl (C=O) groups excluding carboxylic acids is 2. The summed E-state index contributed by atoms with van der Waals surface area (Å²) < 4.78 is 4.92. The number of ether oxygens (including phenoxy) is 1. The molecule has 0 aliphatic carbocycles. The van der Waals surface area contributed by atoms with Crippen molar-refractivity contribution in [2.24, 2.45) is 11.3 Å². The van der Waals surface area contributed by atoms with Crippen LogP contribution in [0.3, 0.4) is 0 Å². The van der Waals surface area contributed by atoms with Crippen molar-refractivity contribution in [3.05, 3.63) is 0 Å². The molecule has 7 nitrogen and oxygen atoms in total. The minimum atomic E-state index is -1.07. The zero-order valence-corrected chi connectivity index (χ0v) is 13.0. The summed E-state index contributed by atoms with van der Waals surface area (Å²) in [6.07, 6.45) is 0.117. The van der Waals surface area contributed by atoms with Crippen LogP contribution in [0.5, 0.6) is 0 Å². The van der Waals surface area contributed by atoms with Crippen LogP contribution in [-0.4, -0.2) is 60.6 Å². The number of rotatable bonds is 6.